The minimum atomic E-state index is -1.17. The average Bonchev–Trinajstić information content (AvgIpc) is 3.71. The van der Waals surface area contributed by atoms with Gasteiger partial charge in [-0.05, 0) is 105 Å². The van der Waals surface area contributed by atoms with Gasteiger partial charge in [-0.1, -0.05) is 68.5 Å². The zero-order valence-corrected chi connectivity index (χ0v) is 32.5. The molecule has 0 aliphatic heterocycles. The molecule has 2 bridgehead atoms. The van der Waals surface area contributed by atoms with Crippen LogP contribution < -0.4 is 9.47 Å². The number of ketones is 1. The van der Waals surface area contributed by atoms with Crippen LogP contribution in [0.3, 0.4) is 0 Å². The first-order valence-corrected chi connectivity index (χ1v) is 20.1. The van der Waals surface area contributed by atoms with Gasteiger partial charge in [-0.25, -0.2) is 0 Å². The average molecular weight is 736 g/mol. The number of carbonyl (C=O) groups is 2. The highest BCUT2D eigenvalue weighted by molar-refractivity contribution is 7.14. The highest BCUT2D eigenvalue weighted by Gasteiger charge is 2.74. The van der Waals surface area contributed by atoms with Crippen molar-refractivity contribution in [1.82, 2.24) is 4.90 Å². The Labute approximate surface area is 317 Å². The number of aliphatic hydroxyl groups is 2. The van der Waals surface area contributed by atoms with Crippen LogP contribution in [0.25, 0.3) is 0 Å². The molecule has 8 unspecified atom stereocenters. The lowest BCUT2D eigenvalue weighted by atomic mass is 9.32. The van der Waals surface area contributed by atoms with Gasteiger partial charge in [-0.3, -0.25) is 9.59 Å². The number of benzene rings is 2. The molecule has 280 valence electrons. The molecule has 8 heteroatoms. The number of thiophene rings is 1. The predicted molar refractivity (Wildman–Crippen MR) is 207 cm³/mol. The van der Waals surface area contributed by atoms with Crippen molar-refractivity contribution in [1.29, 1.82) is 0 Å². The third-order valence-corrected chi connectivity index (χ3v) is 15.7. The highest BCUT2D eigenvalue weighted by Crippen LogP contribution is 2.78. The van der Waals surface area contributed by atoms with E-state index in [9.17, 15) is 19.8 Å². The van der Waals surface area contributed by atoms with E-state index >= 15 is 0 Å². The molecule has 1 heterocycles. The smallest absolute Gasteiger partial charge is 0.227 e. The second-order valence-corrected chi connectivity index (χ2v) is 18.4. The molecule has 53 heavy (non-hydrogen) atoms. The summed E-state index contributed by atoms with van der Waals surface area (Å²) in [7, 11) is 3.19. The van der Waals surface area contributed by atoms with Gasteiger partial charge in [0.2, 0.25) is 5.91 Å². The molecule has 3 fully saturated rings. The molecule has 6 aliphatic carbocycles. The topological polar surface area (TPSA) is 96.3 Å². The zero-order valence-electron chi connectivity index (χ0n) is 31.7. The lowest BCUT2D eigenvalue weighted by Gasteiger charge is -2.71. The van der Waals surface area contributed by atoms with E-state index in [0.717, 1.165) is 58.6 Å². The quantitative estimate of drug-likeness (QED) is 0.161. The Bertz CT molecular complexity index is 1990. The lowest BCUT2D eigenvalue weighted by Crippen LogP contribution is -2.67. The number of aliphatic hydroxyl groups excluding tert-OH is 1. The van der Waals surface area contributed by atoms with Gasteiger partial charge < -0.3 is 24.6 Å². The summed E-state index contributed by atoms with van der Waals surface area (Å²) in [6.07, 6.45) is 12.1. The van der Waals surface area contributed by atoms with Crippen molar-refractivity contribution in [2.75, 3.05) is 20.8 Å². The number of amides is 1. The van der Waals surface area contributed by atoms with E-state index in [1.807, 2.05) is 72.5 Å². The fourth-order valence-electron chi connectivity index (χ4n) is 11.9. The minimum Gasteiger partial charge on any atom is -0.493 e. The molecule has 1 amide bonds. The van der Waals surface area contributed by atoms with E-state index in [1.165, 1.54) is 0 Å². The van der Waals surface area contributed by atoms with Gasteiger partial charge in [0, 0.05) is 33.2 Å². The maximum Gasteiger partial charge on any atom is 0.227 e. The van der Waals surface area contributed by atoms with Gasteiger partial charge in [0.1, 0.15) is 0 Å². The largest absolute Gasteiger partial charge is 0.493 e. The molecule has 3 saturated carbocycles. The second-order valence-electron chi connectivity index (χ2n) is 17.2. The van der Waals surface area contributed by atoms with Crippen LogP contribution in [0.2, 0.25) is 0 Å². The van der Waals surface area contributed by atoms with Crippen molar-refractivity contribution in [2.24, 2.45) is 33.5 Å². The summed E-state index contributed by atoms with van der Waals surface area (Å²) in [4.78, 5) is 32.9. The molecule has 2 spiro atoms. The molecule has 6 aliphatic rings. The van der Waals surface area contributed by atoms with E-state index in [-0.39, 0.29) is 47.3 Å². The Kier molecular flexibility index (Phi) is 8.86. The third kappa shape index (κ3) is 5.41. The monoisotopic (exact) mass is 735 g/mol. The zero-order chi connectivity index (χ0) is 37.4. The van der Waals surface area contributed by atoms with Crippen LogP contribution >= 0.6 is 11.3 Å². The summed E-state index contributed by atoms with van der Waals surface area (Å²) < 4.78 is 11.0. The Hall–Kier alpha value is -3.72. The van der Waals surface area contributed by atoms with Crippen molar-refractivity contribution in [2.45, 2.75) is 90.4 Å². The van der Waals surface area contributed by atoms with Gasteiger partial charge in [-0.15, -0.1) is 11.3 Å². The fourth-order valence-corrected chi connectivity index (χ4v) is 12.7. The Morgan fingerprint density at radius 3 is 2.30 bits per heavy atom. The van der Waals surface area contributed by atoms with Crippen molar-refractivity contribution in [3.8, 4) is 11.5 Å². The maximum atomic E-state index is 14.8. The van der Waals surface area contributed by atoms with Crippen LogP contribution in [-0.2, 0) is 17.8 Å². The predicted octanol–water partition coefficient (Wildman–Crippen LogP) is 8.12. The molecular formula is C45H53NO6S. The second kappa shape index (κ2) is 13.0. The molecule has 3 aromatic rings. The lowest BCUT2D eigenvalue weighted by molar-refractivity contribution is -0.178. The number of hydrogen-bond acceptors (Lipinski definition) is 7. The number of ether oxygens (including phenoxy) is 2. The Balaban J connectivity index is 1.17. The third-order valence-electron chi connectivity index (χ3n) is 14.7. The number of fused-ring (bicyclic) bond motifs is 1. The number of Topliss-reactive ketones (excluding diaryl/α,β-unsaturated/α-hetero) is 1. The van der Waals surface area contributed by atoms with Gasteiger partial charge in [-0.2, -0.15) is 0 Å². The van der Waals surface area contributed by atoms with Crippen molar-refractivity contribution in [3.63, 3.8) is 0 Å². The fraction of sp³-hybridized carbons (Fsp3) is 0.511. The molecular weight excluding hydrogens is 683 g/mol. The summed E-state index contributed by atoms with van der Waals surface area (Å²) >= 11 is 1.55. The number of rotatable bonds is 10. The minimum absolute atomic E-state index is 0.00719. The van der Waals surface area contributed by atoms with Crippen molar-refractivity contribution < 1.29 is 29.3 Å². The summed E-state index contributed by atoms with van der Waals surface area (Å²) in [6, 6.07) is 19.6. The van der Waals surface area contributed by atoms with Gasteiger partial charge >= 0.3 is 0 Å². The van der Waals surface area contributed by atoms with Gasteiger partial charge in [0.15, 0.2) is 17.3 Å². The molecule has 8 atom stereocenters. The van der Waals surface area contributed by atoms with Crippen molar-refractivity contribution >= 4 is 23.0 Å². The number of aryl methyl sites for hydroxylation is 1. The molecule has 1 aromatic heterocycles. The van der Waals surface area contributed by atoms with Crippen LogP contribution in [0.1, 0.15) is 84.5 Å². The Morgan fingerprint density at radius 2 is 1.58 bits per heavy atom. The number of allylic oxidation sites excluding steroid dienone is 4. The SMILES string of the molecule is COc1ccc(CC(=O)N(Cc2ccccc2)CC2(O)CCC3C45C=CC6(C=C4C(=O)c4ccc(C)s4)CC(O)CCC6(C)C5CCC32C)cc1OC. The number of carbonyl (C=O) groups excluding carboxylic acids is 2. The first-order valence-electron chi connectivity index (χ1n) is 19.3. The summed E-state index contributed by atoms with van der Waals surface area (Å²) in [5, 5.41) is 24.2. The molecule has 0 radical (unpaired) electrons. The van der Waals surface area contributed by atoms with E-state index < -0.39 is 22.5 Å². The van der Waals surface area contributed by atoms with Crippen LogP contribution in [0, 0.1) is 40.4 Å². The Morgan fingerprint density at radius 1 is 0.868 bits per heavy atom. The highest BCUT2D eigenvalue weighted by atomic mass is 32.1. The van der Waals surface area contributed by atoms with Crippen LogP contribution in [0.15, 0.2) is 84.5 Å². The van der Waals surface area contributed by atoms with E-state index in [0.29, 0.717) is 30.9 Å². The molecule has 0 saturated heterocycles. The summed E-state index contributed by atoms with van der Waals surface area (Å²) in [6.45, 7) is 7.28. The summed E-state index contributed by atoms with van der Waals surface area (Å²) in [5.74, 6) is 1.43. The number of nitrogens with zero attached hydrogens (tertiary/aromatic N) is 1. The van der Waals surface area contributed by atoms with E-state index in [4.69, 9.17) is 9.47 Å². The summed E-state index contributed by atoms with van der Waals surface area (Å²) in [5.41, 5.74) is -0.0632. The van der Waals surface area contributed by atoms with Gasteiger partial charge in [0.25, 0.3) is 0 Å². The molecule has 9 rings (SSSR count). The normalized spacial score (nSPS) is 35.2. The standard InChI is InChI=1S/C45H53NO6S/c1-29-11-14-36(53-29)40(49)33-26-43-21-22-45(33)37(41(43,2)18-15-32(47)25-43)16-19-42(3)38(45)17-20-44(42,50)28-46(27-30-9-7-6-8-10-30)39(48)24-31-12-13-34(51-4)35(23-31)52-5/h6-14,21-23,26,32,37-38,47,50H,15-20,24-25,27-28H2,1-5H3. The molecule has 2 aromatic carbocycles. The first-order chi connectivity index (χ1) is 25.3. The number of hydrogen-bond donors (Lipinski definition) is 2. The van der Waals surface area contributed by atoms with Crippen LogP contribution in [-0.4, -0.2) is 59.3 Å². The first kappa shape index (κ1) is 36.3. The van der Waals surface area contributed by atoms with Gasteiger partial charge in [0.05, 0.1) is 43.8 Å². The van der Waals surface area contributed by atoms with Crippen molar-refractivity contribution in [3.05, 3.63) is 105 Å². The number of methoxy groups -OCH3 is 2. The van der Waals surface area contributed by atoms with E-state index in [1.54, 1.807) is 25.6 Å². The maximum absolute atomic E-state index is 14.8. The molecule has 7 nitrogen and oxygen atoms in total. The van der Waals surface area contributed by atoms with Crippen LogP contribution in [0.5, 0.6) is 11.5 Å². The van der Waals surface area contributed by atoms with E-state index in [2.05, 4.69) is 32.1 Å². The van der Waals surface area contributed by atoms with Crippen LogP contribution in [0.4, 0.5) is 0 Å². The molecule has 2 N–H and O–H groups in total.